The molecule has 20 nitrogen and oxygen atoms in total. The summed E-state index contributed by atoms with van der Waals surface area (Å²) < 4.78 is 1.93. The summed E-state index contributed by atoms with van der Waals surface area (Å²) in [5.41, 5.74) is 51.1. The first kappa shape index (κ1) is 45.8. The van der Waals surface area contributed by atoms with Gasteiger partial charge in [0, 0.05) is 30.3 Å². The van der Waals surface area contributed by atoms with E-state index in [4.69, 9.17) is 57.5 Å². The average molecular weight is 1050 g/mol. The zero-order valence-corrected chi connectivity index (χ0v) is 38.0. The molecule has 0 radical (unpaired) electrons. The molecule has 0 saturated heterocycles. The average Bonchev–Trinajstić information content (AvgIpc) is 3.26. The minimum atomic E-state index is 0.0463. The van der Waals surface area contributed by atoms with Crippen LogP contribution in [0.1, 0.15) is 5.56 Å². The van der Waals surface area contributed by atoms with Crippen LogP contribution in [-0.4, -0.2) is 60.7 Å². The molecule has 0 atom stereocenters. The van der Waals surface area contributed by atoms with E-state index in [1.807, 2.05) is 110 Å². The summed E-state index contributed by atoms with van der Waals surface area (Å²) in [5, 5.41) is 33.3. The molecule has 23 heteroatoms. The summed E-state index contributed by atoms with van der Waals surface area (Å²) in [7, 11) is 0. The number of benzene rings is 5. The van der Waals surface area contributed by atoms with E-state index in [2.05, 4.69) is 99.2 Å². The Labute approximate surface area is 392 Å². The van der Waals surface area contributed by atoms with Gasteiger partial charge in [0.25, 0.3) is 0 Å². The van der Waals surface area contributed by atoms with Gasteiger partial charge in [0.15, 0.2) is 23.3 Å². The second kappa shape index (κ2) is 20.9. The van der Waals surface area contributed by atoms with Crippen LogP contribution < -0.4 is 45.9 Å². The molecular weight excluding hydrogens is 1010 g/mol. The first-order valence-electron chi connectivity index (χ1n) is 18.5. The van der Waals surface area contributed by atoms with Gasteiger partial charge in [-0.25, -0.2) is 0 Å². The van der Waals surface area contributed by atoms with Crippen LogP contribution in [0.3, 0.4) is 0 Å². The van der Waals surface area contributed by atoms with Crippen molar-refractivity contribution in [2.45, 2.75) is 6.92 Å². The highest BCUT2D eigenvalue weighted by molar-refractivity contribution is 14.1. The summed E-state index contributed by atoms with van der Waals surface area (Å²) in [5.74, 6) is 1.37. The third-order valence-electron chi connectivity index (χ3n) is 8.60. The quantitative estimate of drug-likeness (QED) is 0.0897. The molecule has 0 unspecified atom stereocenters. The highest BCUT2D eigenvalue weighted by atomic mass is 127. The molecule has 0 spiro atoms. The summed E-state index contributed by atoms with van der Waals surface area (Å²) in [4.78, 5) is 15.5. The standard InChI is InChI=1S/C13H11N5.C10H10ClN5.C9H8BrN5.C9H8IN5/c14-12-11(17-18-13(15)16-12)10-7-3-5-8-4-1-2-6-9(8)10;1-5-2-3-7(11)6(4-5)8-9(12)14-10(13)16-15-8;2*10-6-4-2-1-3-5(6)7-8(11)13-9(12)15-14-7/h1-7H,(H4,14,15,16,18);2-4H,1H3,(H4,12,13,14,16);2*1-4H,(H4,11,12,13,15). The predicted octanol–water partition coefficient (Wildman–Crippen LogP) is 6.29. The maximum absolute atomic E-state index is 6.06. The van der Waals surface area contributed by atoms with Gasteiger partial charge in [0.2, 0.25) is 23.8 Å². The third kappa shape index (κ3) is 11.4. The lowest BCUT2D eigenvalue weighted by Gasteiger charge is -2.07. The second-order valence-electron chi connectivity index (χ2n) is 13.1. The first-order valence-corrected chi connectivity index (χ1v) is 20.7. The molecule has 0 aliphatic rings. The Bertz CT molecular complexity index is 2990. The van der Waals surface area contributed by atoms with Gasteiger partial charge in [0.1, 0.15) is 22.8 Å². The molecule has 0 aliphatic carbocycles. The largest absolute Gasteiger partial charge is 0.382 e. The molecule has 4 aromatic heterocycles. The lowest BCUT2D eigenvalue weighted by Crippen LogP contribution is -2.04. The van der Waals surface area contributed by atoms with Crippen molar-refractivity contribution in [2.24, 2.45) is 0 Å². The van der Waals surface area contributed by atoms with Crippen LogP contribution in [0, 0.1) is 10.5 Å². The molecule has 0 saturated carbocycles. The van der Waals surface area contributed by atoms with Crippen LogP contribution in [0.5, 0.6) is 0 Å². The number of nitrogens with zero attached hydrogens (tertiary/aromatic N) is 12. The Hall–Kier alpha value is -7.70. The van der Waals surface area contributed by atoms with Crippen LogP contribution in [-0.2, 0) is 0 Å². The highest BCUT2D eigenvalue weighted by Gasteiger charge is 2.14. The van der Waals surface area contributed by atoms with Gasteiger partial charge in [-0.05, 0) is 64.6 Å². The van der Waals surface area contributed by atoms with Crippen molar-refractivity contribution in [2.75, 3.05) is 45.9 Å². The smallest absolute Gasteiger partial charge is 0.242 e. The third-order valence-corrected chi connectivity index (χ3v) is 10.6. The van der Waals surface area contributed by atoms with E-state index in [-0.39, 0.29) is 35.4 Å². The zero-order chi connectivity index (χ0) is 45.9. The molecule has 0 aliphatic heterocycles. The van der Waals surface area contributed by atoms with Crippen molar-refractivity contribution in [3.8, 4) is 45.0 Å². The normalized spacial score (nSPS) is 10.4. The number of rotatable bonds is 4. The van der Waals surface area contributed by atoms with Crippen molar-refractivity contribution in [3.63, 3.8) is 0 Å². The number of hydrogen-bond acceptors (Lipinski definition) is 20. The summed E-state index contributed by atoms with van der Waals surface area (Å²) in [6.07, 6.45) is 0. The topological polar surface area (TPSA) is 363 Å². The number of halogens is 3. The predicted molar refractivity (Wildman–Crippen MR) is 264 cm³/mol. The van der Waals surface area contributed by atoms with Gasteiger partial charge < -0.3 is 45.9 Å². The van der Waals surface area contributed by atoms with Crippen molar-refractivity contribution < 1.29 is 0 Å². The molecule has 0 fully saturated rings. The molecule has 4 heterocycles. The maximum atomic E-state index is 6.06. The summed E-state index contributed by atoms with van der Waals surface area (Å²) >= 11 is 11.7. The molecule has 0 bridgehead atoms. The van der Waals surface area contributed by atoms with Gasteiger partial charge in [-0.2, -0.15) is 19.9 Å². The fraction of sp³-hybridized carbons (Fsp3) is 0.0244. The Balaban J connectivity index is 0.000000142. The van der Waals surface area contributed by atoms with Gasteiger partial charge in [-0.15, -0.1) is 40.8 Å². The van der Waals surface area contributed by atoms with Crippen LogP contribution in [0.2, 0.25) is 5.02 Å². The summed E-state index contributed by atoms with van der Waals surface area (Å²) in [6, 6.07) is 34.8. The van der Waals surface area contributed by atoms with Crippen LogP contribution >= 0.6 is 50.1 Å². The van der Waals surface area contributed by atoms with Crippen molar-refractivity contribution in [1.29, 1.82) is 0 Å². The van der Waals surface area contributed by atoms with Crippen molar-refractivity contribution in [1.82, 2.24) is 60.7 Å². The van der Waals surface area contributed by atoms with E-state index >= 15 is 0 Å². The molecule has 5 aromatic carbocycles. The number of aromatic nitrogens is 12. The molecule has 9 aromatic rings. The highest BCUT2D eigenvalue weighted by Crippen LogP contribution is 2.32. The van der Waals surface area contributed by atoms with Crippen LogP contribution in [0.15, 0.2) is 114 Å². The lowest BCUT2D eigenvalue weighted by atomic mass is 10.0. The van der Waals surface area contributed by atoms with E-state index < -0.39 is 0 Å². The number of nitrogen functional groups attached to an aromatic ring is 8. The van der Waals surface area contributed by atoms with E-state index in [0.29, 0.717) is 45.0 Å². The minimum absolute atomic E-state index is 0.0463. The van der Waals surface area contributed by atoms with Gasteiger partial charge in [0.05, 0.1) is 5.02 Å². The Morgan fingerprint density at radius 2 is 0.844 bits per heavy atom. The number of fused-ring (bicyclic) bond motifs is 1. The first-order chi connectivity index (χ1) is 30.7. The van der Waals surface area contributed by atoms with Crippen LogP contribution in [0.4, 0.5) is 47.1 Å². The zero-order valence-electron chi connectivity index (χ0n) is 33.5. The number of aryl methyl sites for hydroxylation is 1. The van der Waals surface area contributed by atoms with Crippen molar-refractivity contribution >= 4 is 108 Å². The number of nitrogens with two attached hydrogens (primary N) is 8. The minimum Gasteiger partial charge on any atom is -0.382 e. The summed E-state index contributed by atoms with van der Waals surface area (Å²) in [6.45, 7) is 1.95. The molecule has 16 N–H and O–H groups in total. The fourth-order valence-corrected chi connectivity index (χ4v) is 7.05. The maximum Gasteiger partial charge on any atom is 0.242 e. The Morgan fingerprint density at radius 3 is 1.36 bits per heavy atom. The van der Waals surface area contributed by atoms with E-state index in [9.17, 15) is 0 Å². The molecule has 322 valence electrons. The van der Waals surface area contributed by atoms with E-state index in [1.165, 1.54) is 0 Å². The van der Waals surface area contributed by atoms with Gasteiger partial charge in [-0.1, -0.05) is 118 Å². The molecule has 9 rings (SSSR count). The van der Waals surface area contributed by atoms with Crippen molar-refractivity contribution in [3.05, 3.63) is 128 Å². The van der Waals surface area contributed by atoms with Gasteiger partial charge in [-0.3, -0.25) is 0 Å². The van der Waals surface area contributed by atoms with Gasteiger partial charge >= 0.3 is 0 Å². The second-order valence-corrected chi connectivity index (χ2v) is 15.5. The molecule has 0 amide bonds. The lowest BCUT2D eigenvalue weighted by molar-refractivity contribution is 0.999. The van der Waals surface area contributed by atoms with E-state index in [0.717, 1.165) is 41.1 Å². The van der Waals surface area contributed by atoms with E-state index in [1.54, 1.807) is 6.07 Å². The SMILES string of the molecule is Cc1ccc(Cl)c(-c2nnc(N)nc2N)c1.Nc1nnc(-c2cccc3ccccc23)c(N)n1.Nc1nnc(-c2ccccc2Br)c(N)n1.Nc1nnc(-c2ccccc2I)c(N)n1. The molecular formula is C41H37BrClIN20. The van der Waals surface area contributed by atoms with Crippen LogP contribution in [0.25, 0.3) is 55.8 Å². The number of anilines is 8. The Morgan fingerprint density at radius 1 is 0.438 bits per heavy atom. The number of hydrogen-bond donors (Lipinski definition) is 8. The monoisotopic (exact) mass is 1050 g/mol. The molecule has 64 heavy (non-hydrogen) atoms. The fourth-order valence-electron chi connectivity index (χ4n) is 5.73. The Kier molecular flexibility index (Phi) is 15.0.